The van der Waals surface area contributed by atoms with E-state index in [4.69, 9.17) is 4.74 Å². The molecule has 1 aliphatic heterocycles. The Morgan fingerprint density at radius 1 is 1.19 bits per heavy atom. The summed E-state index contributed by atoms with van der Waals surface area (Å²) in [5.74, 6) is 0.467. The van der Waals surface area contributed by atoms with Crippen molar-refractivity contribution in [1.29, 1.82) is 0 Å². The van der Waals surface area contributed by atoms with Crippen LogP contribution in [-0.2, 0) is 22.7 Å². The fraction of sp³-hybridized carbons (Fsp3) is 0.333. The third-order valence-corrected chi connectivity index (χ3v) is 4.67. The maximum atomic E-state index is 12.4. The molecule has 0 aliphatic carbocycles. The highest BCUT2D eigenvalue weighted by atomic mass is 16.5. The zero-order valence-corrected chi connectivity index (χ0v) is 15.2. The monoisotopic (exact) mass is 352 g/mol. The Hall–Kier alpha value is -2.82. The molecule has 136 valence electrons. The predicted molar refractivity (Wildman–Crippen MR) is 99.5 cm³/mol. The van der Waals surface area contributed by atoms with Gasteiger partial charge in [-0.25, -0.2) is 0 Å². The molecule has 0 spiro atoms. The van der Waals surface area contributed by atoms with Crippen LogP contribution >= 0.6 is 0 Å². The standard InChI is InChI=1S/C21H24N2O3/c1-15-4-3-5-17(10-15)12-22-21(25)18-11-20(24)23(14-18)13-16-6-8-19(26-2)9-7-16/h3-10,18H,11-14H2,1-2H3,(H,22,25). The summed E-state index contributed by atoms with van der Waals surface area (Å²) in [7, 11) is 1.62. The topological polar surface area (TPSA) is 58.6 Å². The van der Waals surface area contributed by atoms with Gasteiger partial charge in [-0.2, -0.15) is 0 Å². The average molecular weight is 352 g/mol. The molecule has 1 saturated heterocycles. The van der Waals surface area contributed by atoms with Crippen molar-refractivity contribution in [1.82, 2.24) is 10.2 Å². The van der Waals surface area contributed by atoms with Crippen LogP contribution in [0.25, 0.3) is 0 Å². The molecule has 0 aromatic heterocycles. The largest absolute Gasteiger partial charge is 0.497 e. The first-order valence-corrected chi connectivity index (χ1v) is 8.79. The van der Waals surface area contributed by atoms with Crippen LogP contribution in [0.1, 0.15) is 23.1 Å². The number of hydrogen-bond acceptors (Lipinski definition) is 3. The molecule has 0 saturated carbocycles. The van der Waals surface area contributed by atoms with Crippen molar-refractivity contribution < 1.29 is 14.3 Å². The van der Waals surface area contributed by atoms with E-state index in [1.807, 2.05) is 49.4 Å². The van der Waals surface area contributed by atoms with E-state index < -0.39 is 0 Å². The maximum Gasteiger partial charge on any atom is 0.225 e. The van der Waals surface area contributed by atoms with Crippen molar-refractivity contribution in [3.05, 3.63) is 65.2 Å². The van der Waals surface area contributed by atoms with Gasteiger partial charge in [-0.15, -0.1) is 0 Å². The van der Waals surface area contributed by atoms with Crippen LogP contribution in [0, 0.1) is 12.8 Å². The predicted octanol–water partition coefficient (Wildman–Crippen LogP) is 2.67. The fourth-order valence-corrected chi connectivity index (χ4v) is 3.21. The Morgan fingerprint density at radius 2 is 1.96 bits per heavy atom. The van der Waals surface area contributed by atoms with E-state index in [9.17, 15) is 9.59 Å². The number of methoxy groups -OCH3 is 1. The van der Waals surface area contributed by atoms with Crippen LogP contribution in [-0.4, -0.2) is 30.4 Å². The Kier molecular flexibility index (Phi) is 5.56. The zero-order valence-electron chi connectivity index (χ0n) is 15.2. The first kappa shape index (κ1) is 18.0. The van der Waals surface area contributed by atoms with E-state index in [0.717, 1.165) is 16.9 Å². The first-order chi connectivity index (χ1) is 12.5. The SMILES string of the molecule is COc1ccc(CN2CC(C(=O)NCc3cccc(C)c3)CC2=O)cc1. The highest BCUT2D eigenvalue weighted by Crippen LogP contribution is 2.21. The quantitative estimate of drug-likeness (QED) is 0.870. The van der Waals surface area contributed by atoms with Crippen molar-refractivity contribution in [2.24, 2.45) is 5.92 Å². The Morgan fingerprint density at radius 3 is 2.65 bits per heavy atom. The van der Waals surface area contributed by atoms with E-state index in [2.05, 4.69) is 11.4 Å². The molecule has 1 heterocycles. The van der Waals surface area contributed by atoms with Gasteiger partial charge in [0.1, 0.15) is 5.75 Å². The van der Waals surface area contributed by atoms with Gasteiger partial charge < -0.3 is 15.0 Å². The van der Waals surface area contributed by atoms with Crippen molar-refractivity contribution in [3.63, 3.8) is 0 Å². The molecular formula is C21H24N2O3. The van der Waals surface area contributed by atoms with E-state index >= 15 is 0 Å². The number of benzene rings is 2. The molecule has 1 N–H and O–H groups in total. The van der Waals surface area contributed by atoms with Crippen LogP contribution in [0.4, 0.5) is 0 Å². The van der Waals surface area contributed by atoms with Crippen LogP contribution < -0.4 is 10.1 Å². The van der Waals surface area contributed by atoms with E-state index in [1.54, 1.807) is 12.0 Å². The van der Waals surface area contributed by atoms with Gasteiger partial charge in [0, 0.05) is 26.1 Å². The summed E-state index contributed by atoms with van der Waals surface area (Å²) in [6.07, 6.45) is 0.274. The maximum absolute atomic E-state index is 12.4. The highest BCUT2D eigenvalue weighted by molar-refractivity contribution is 5.89. The molecule has 2 aromatic carbocycles. The van der Waals surface area contributed by atoms with Gasteiger partial charge in [-0.1, -0.05) is 42.0 Å². The lowest BCUT2D eigenvalue weighted by molar-refractivity contribution is -0.129. The number of amides is 2. The molecule has 5 heteroatoms. The number of carbonyl (C=O) groups excluding carboxylic acids is 2. The van der Waals surface area contributed by atoms with E-state index in [-0.39, 0.29) is 24.2 Å². The molecule has 1 atom stereocenters. The second kappa shape index (κ2) is 8.04. The second-order valence-corrected chi connectivity index (χ2v) is 6.73. The van der Waals surface area contributed by atoms with Gasteiger partial charge in [0.15, 0.2) is 0 Å². The van der Waals surface area contributed by atoms with E-state index in [1.165, 1.54) is 5.56 Å². The van der Waals surface area contributed by atoms with Gasteiger partial charge >= 0.3 is 0 Å². The molecule has 2 aromatic rings. The van der Waals surface area contributed by atoms with Gasteiger partial charge in [-0.3, -0.25) is 9.59 Å². The second-order valence-electron chi connectivity index (χ2n) is 6.73. The molecule has 1 fully saturated rings. The molecule has 0 radical (unpaired) electrons. The van der Waals surface area contributed by atoms with Gasteiger partial charge in [-0.05, 0) is 30.2 Å². The molecule has 1 unspecified atom stereocenters. The number of nitrogens with one attached hydrogen (secondary N) is 1. The van der Waals surface area contributed by atoms with Crippen molar-refractivity contribution in [2.75, 3.05) is 13.7 Å². The smallest absolute Gasteiger partial charge is 0.225 e. The van der Waals surface area contributed by atoms with Gasteiger partial charge in [0.05, 0.1) is 13.0 Å². The molecule has 3 rings (SSSR count). The lowest BCUT2D eigenvalue weighted by atomic mass is 10.1. The Balaban J connectivity index is 1.53. The summed E-state index contributed by atoms with van der Waals surface area (Å²) in [4.78, 5) is 26.4. The summed E-state index contributed by atoms with van der Waals surface area (Å²) < 4.78 is 5.15. The summed E-state index contributed by atoms with van der Waals surface area (Å²) >= 11 is 0. The highest BCUT2D eigenvalue weighted by Gasteiger charge is 2.34. The van der Waals surface area contributed by atoms with Crippen LogP contribution in [0.15, 0.2) is 48.5 Å². The lowest BCUT2D eigenvalue weighted by Crippen LogP contribution is -2.32. The van der Waals surface area contributed by atoms with Crippen LogP contribution in [0.5, 0.6) is 5.75 Å². The Labute approximate surface area is 154 Å². The third-order valence-electron chi connectivity index (χ3n) is 4.67. The van der Waals surface area contributed by atoms with Crippen LogP contribution in [0.3, 0.4) is 0 Å². The van der Waals surface area contributed by atoms with Crippen molar-refractivity contribution in [3.8, 4) is 5.75 Å². The summed E-state index contributed by atoms with van der Waals surface area (Å²) in [6.45, 7) is 3.50. The summed E-state index contributed by atoms with van der Waals surface area (Å²) in [5, 5.41) is 2.95. The lowest BCUT2D eigenvalue weighted by Gasteiger charge is -2.17. The van der Waals surface area contributed by atoms with Crippen molar-refractivity contribution in [2.45, 2.75) is 26.4 Å². The zero-order chi connectivity index (χ0) is 18.5. The molecule has 2 amide bonds. The summed E-state index contributed by atoms with van der Waals surface area (Å²) in [5.41, 5.74) is 3.26. The number of aryl methyl sites for hydroxylation is 1. The minimum absolute atomic E-state index is 0.0246. The van der Waals surface area contributed by atoms with E-state index in [0.29, 0.717) is 19.6 Å². The minimum atomic E-state index is -0.287. The number of ether oxygens (including phenoxy) is 1. The molecular weight excluding hydrogens is 328 g/mol. The Bertz CT molecular complexity index is 786. The number of nitrogens with zero attached hydrogens (tertiary/aromatic N) is 1. The average Bonchev–Trinajstić information content (AvgIpc) is 3.01. The van der Waals surface area contributed by atoms with Gasteiger partial charge in [0.25, 0.3) is 0 Å². The molecule has 1 aliphatic rings. The number of hydrogen-bond donors (Lipinski definition) is 1. The van der Waals surface area contributed by atoms with Gasteiger partial charge in [0.2, 0.25) is 11.8 Å². The van der Waals surface area contributed by atoms with Crippen LogP contribution in [0.2, 0.25) is 0 Å². The molecule has 5 nitrogen and oxygen atoms in total. The molecule has 0 bridgehead atoms. The molecule has 26 heavy (non-hydrogen) atoms. The fourth-order valence-electron chi connectivity index (χ4n) is 3.21. The van der Waals surface area contributed by atoms with Crippen molar-refractivity contribution >= 4 is 11.8 Å². The third kappa shape index (κ3) is 4.42. The number of rotatable bonds is 6. The normalized spacial score (nSPS) is 16.6. The summed E-state index contributed by atoms with van der Waals surface area (Å²) in [6, 6.07) is 15.7. The minimum Gasteiger partial charge on any atom is -0.497 e. The number of likely N-dealkylation sites (tertiary alicyclic amines) is 1. The first-order valence-electron chi connectivity index (χ1n) is 8.79. The number of carbonyl (C=O) groups is 2.